The van der Waals surface area contributed by atoms with Crippen LogP contribution in [0, 0.1) is 11.3 Å². The van der Waals surface area contributed by atoms with Gasteiger partial charge in [-0.15, -0.1) is 0 Å². The largest absolute Gasteiger partial charge is 0.382 e. The van der Waals surface area contributed by atoms with Gasteiger partial charge in [0.05, 0.1) is 11.6 Å². The monoisotopic (exact) mass is 411 g/mol. The molecule has 0 radical (unpaired) electrons. The normalized spacial score (nSPS) is 18.7. The van der Waals surface area contributed by atoms with Crippen molar-refractivity contribution >= 4 is 16.5 Å². The van der Waals surface area contributed by atoms with Crippen LogP contribution in [-0.4, -0.2) is 48.1 Å². The van der Waals surface area contributed by atoms with Crippen molar-refractivity contribution in [2.24, 2.45) is 0 Å². The standard InChI is InChI=1S/C26H29N5/c27-17-19-2-1-3-20(14-19)22-15-21-4-9-29-18-25(21)26(16-22)30-23-7-12-31(13-8-23)24-5-10-28-11-6-24/h1-4,9,14-16,18,23-24,28,30H,5-8,10-13H2. The lowest BCUT2D eigenvalue weighted by Gasteiger charge is -2.40. The lowest BCUT2D eigenvalue weighted by atomic mass is 9.96. The van der Waals surface area contributed by atoms with Crippen LogP contribution >= 0.6 is 0 Å². The molecule has 5 rings (SSSR count). The van der Waals surface area contributed by atoms with Crippen molar-refractivity contribution in [3.63, 3.8) is 0 Å². The van der Waals surface area contributed by atoms with Gasteiger partial charge in [-0.1, -0.05) is 12.1 Å². The fourth-order valence-corrected chi connectivity index (χ4v) is 5.05. The molecule has 0 bridgehead atoms. The molecule has 0 atom stereocenters. The van der Waals surface area contributed by atoms with Crippen molar-refractivity contribution in [1.29, 1.82) is 5.26 Å². The van der Waals surface area contributed by atoms with E-state index in [9.17, 15) is 5.26 Å². The van der Waals surface area contributed by atoms with E-state index in [0.29, 0.717) is 11.6 Å². The Kier molecular flexibility index (Phi) is 5.84. The second-order valence-electron chi connectivity index (χ2n) is 8.75. The molecule has 1 aromatic heterocycles. The van der Waals surface area contributed by atoms with Crippen LogP contribution < -0.4 is 10.6 Å². The Hall–Kier alpha value is -2.94. The number of benzene rings is 2. The number of hydrogen-bond acceptors (Lipinski definition) is 5. The summed E-state index contributed by atoms with van der Waals surface area (Å²) >= 11 is 0. The number of nitrogens with zero attached hydrogens (tertiary/aromatic N) is 3. The second kappa shape index (κ2) is 9.05. The van der Waals surface area contributed by atoms with Crippen LogP contribution in [-0.2, 0) is 0 Å². The Bertz CT molecular complexity index is 1090. The number of rotatable bonds is 4. The van der Waals surface area contributed by atoms with Crippen molar-refractivity contribution in [3.05, 3.63) is 60.4 Å². The van der Waals surface area contributed by atoms with E-state index in [0.717, 1.165) is 41.3 Å². The predicted octanol–water partition coefficient (Wildman–Crippen LogP) is 4.40. The molecule has 0 spiro atoms. The van der Waals surface area contributed by atoms with E-state index < -0.39 is 0 Å². The maximum absolute atomic E-state index is 9.29. The van der Waals surface area contributed by atoms with Gasteiger partial charge in [-0.3, -0.25) is 4.98 Å². The number of anilines is 1. The summed E-state index contributed by atoms with van der Waals surface area (Å²) in [6.07, 6.45) is 8.69. The number of likely N-dealkylation sites (tertiary alicyclic amines) is 1. The van der Waals surface area contributed by atoms with Crippen molar-refractivity contribution in [2.45, 2.75) is 37.8 Å². The average molecular weight is 412 g/mol. The highest BCUT2D eigenvalue weighted by atomic mass is 15.2. The Labute approximate surface area is 184 Å². The molecule has 2 aromatic carbocycles. The summed E-state index contributed by atoms with van der Waals surface area (Å²) < 4.78 is 0. The summed E-state index contributed by atoms with van der Waals surface area (Å²) in [7, 11) is 0. The van der Waals surface area contributed by atoms with E-state index in [1.807, 2.05) is 30.6 Å². The second-order valence-corrected chi connectivity index (χ2v) is 8.75. The predicted molar refractivity (Wildman–Crippen MR) is 126 cm³/mol. The van der Waals surface area contributed by atoms with Crippen molar-refractivity contribution in [3.8, 4) is 17.2 Å². The first kappa shape index (κ1) is 20.0. The first-order valence-electron chi connectivity index (χ1n) is 11.4. The van der Waals surface area contributed by atoms with Crippen molar-refractivity contribution in [1.82, 2.24) is 15.2 Å². The summed E-state index contributed by atoms with van der Waals surface area (Å²) in [5, 5.41) is 18.9. The third kappa shape index (κ3) is 4.41. The summed E-state index contributed by atoms with van der Waals surface area (Å²) in [4.78, 5) is 7.07. The van der Waals surface area contributed by atoms with Crippen LogP contribution in [0.4, 0.5) is 5.69 Å². The summed E-state index contributed by atoms with van der Waals surface area (Å²) in [6.45, 7) is 4.65. The molecule has 2 aliphatic rings. The van der Waals surface area contributed by atoms with E-state index in [-0.39, 0.29) is 0 Å². The summed E-state index contributed by atoms with van der Waals surface area (Å²) in [5.74, 6) is 0. The number of hydrogen-bond donors (Lipinski definition) is 2. The molecule has 0 aliphatic carbocycles. The number of fused-ring (bicyclic) bond motifs is 1. The number of aromatic nitrogens is 1. The van der Waals surface area contributed by atoms with Gasteiger partial charge < -0.3 is 15.5 Å². The zero-order valence-electron chi connectivity index (χ0n) is 17.8. The highest BCUT2D eigenvalue weighted by molar-refractivity contribution is 5.97. The highest BCUT2D eigenvalue weighted by Crippen LogP contribution is 2.32. The Morgan fingerprint density at radius 1 is 1.00 bits per heavy atom. The zero-order chi connectivity index (χ0) is 21.0. The Morgan fingerprint density at radius 3 is 2.65 bits per heavy atom. The van der Waals surface area contributed by atoms with Crippen molar-refractivity contribution in [2.75, 3.05) is 31.5 Å². The van der Waals surface area contributed by atoms with Crippen LogP contribution in [0.25, 0.3) is 21.9 Å². The van der Waals surface area contributed by atoms with Gasteiger partial charge >= 0.3 is 0 Å². The fraction of sp³-hybridized carbons (Fsp3) is 0.385. The number of pyridine rings is 1. The molecule has 2 aliphatic heterocycles. The Balaban J connectivity index is 1.37. The van der Waals surface area contributed by atoms with E-state index in [1.54, 1.807) is 0 Å². The molecule has 2 N–H and O–H groups in total. The minimum Gasteiger partial charge on any atom is -0.382 e. The first-order chi connectivity index (χ1) is 15.3. The molecule has 3 aromatic rings. The van der Waals surface area contributed by atoms with Gasteiger partial charge in [0, 0.05) is 48.6 Å². The third-order valence-electron chi connectivity index (χ3n) is 6.80. The molecule has 3 heterocycles. The van der Waals surface area contributed by atoms with Crippen LogP contribution in [0.15, 0.2) is 54.9 Å². The quantitative estimate of drug-likeness (QED) is 0.666. The maximum atomic E-state index is 9.29. The SMILES string of the molecule is N#Cc1cccc(-c2cc(NC3CCN(C4CCNCC4)CC3)c3cnccc3c2)c1. The van der Waals surface area contributed by atoms with E-state index in [2.05, 4.69) is 50.9 Å². The molecule has 0 saturated carbocycles. The van der Waals surface area contributed by atoms with Gasteiger partial charge in [-0.25, -0.2) is 0 Å². The smallest absolute Gasteiger partial charge is 0.0991 e. The fourth-order valence-electron chi connectivity index (χ4n) is 5.05. The van der Waals surface area contributed by atoms with Gasteiger partial charge in [-0.2, -0.15) is 5.26 Å². The topological polar surface area (TPSA) is 64.0 Å². The van der Waals surface area contributed by atoms with E-state index in [1.165, 1.54) is 44.2 Å². The molecule has 158 valence electrons. The van der Waals surface area contributed by atoms with Crippen molar-refractivity contribution < 1.29 is 0 Å². The zero-order valence-corrected chi connectivity index (χ0v) is 17.8. The van der Waals surface area contributed by atoms with Crippen LogP contribution in [0.3, 0.4) is 0 Å². The summed E-state index contributed by atoms with van der Waals surface area (Å²) in [6, 6.07) is 17.8. The molecular formula is C26H29N5. The third-order valence-corrected chi connectivity index (χ3v) is 6.80. The van der Waals surface area contributed by atoms with Gasteiger partial charge in [0.2, 0.25) is 0 Å². The number of piperidine rings is 2. The molecule has 5 heteroatoms. The van der Waals surface area contributed by atoms with Gasteiger partial charge in [-0.05, 0) is 85.6 Å². The van der Waals surface area contributed by atoms with Gasteiger partial charge in [0.25, 0.3) is 0 Å². The lowest BCUT2D eigenvalue weighted by Crippen LogP contribution is -2.48. The molecule has 2 fully saturated rings. The minimum absolute atomic E-state index is 0.474. The van der Waals surface area contributed by atoms with E-state index in [4.69, 9.17) is 0 Å². The number of nitriles is 1. The Morgan fingerprint density at radius 2 is 1.84 bits per heavy atom. The van der Waals surface area contributed by atoms with Gasteiger partial charge in [0.15, 0.2) is 0 Å². The van der Waals surface area contributed by atoms with Crippen LogP contribution in [0.5, 0.6) is 0 Å². The number of nitrogens with one attached hydrogen (secondary N) is 2. The maximum Gasteiger partial charge on any atom is 0.0991 e. The lowest BCUT2D eigenvalue weighted by molar-refractivity contribution is 0.131. The minimum atomic E-state index is 0.474. The molecule has 5 nitrogen and oxygen atoms in total. The average Bonchev–Trinajstić information content (AvgIpc) is 2.85. The van der Waals surface area contributed by atoms with Crippen LogP contribution in [0.1, 0.15) is 31.2 Å². The molecule has 0 amide bonds. The summed E-state index contributed by atoms with van der Waals surface area (Å²) in [5.41, 5.74) is 4.03. The first-order valence-corrected chi connectivity index (χ1v) is 11.4. The van der Waals surface area contributed by atoms with E-state index >= 15 is 0 Å². The molecular weight excluding hydrogens is 382 g/mol. The highest BCUT2D eigenvalue weighted by Gasteiger charge is 2.26. The molecule has 31 heavy (non-hydrogen) atoms. The molecule has 0 unspecified atom stereocenters. The van der Waals surface area contributed by atoms with Crippen LogP contribution in [0.2, 0.25) is 0 Å². The molecule has 2 saturated heterocycles. The van der Waals surface area contributed by atoms with Gasteiger partial charge in [0.1, 0.15) is 0 Å².